The third kappa shape index (κ3) is 3.02. The lowest BCUT2D eigenvalue weighted by Gasteiger charge is -2.09. The second-order valence-electron chi connectivity index (χ2n) is 4.17. The van der Waals surface area contributed by atoms with E-state index in [-0.39, 0.29) is 5.69 Å². The smallest absolute Gasteiger partial charge is 0.328 e. The van der Waals surface area contributed by atoms with Crippen molar-refractivity contribution in [3.8, 4) is 0 Å². The summed E-state index contributed by atoms with van der Waals surface area (Å²) in [6.45, 7) is 1.74. The summed E-state index contributed by atoms with van der Waals surface area (Å²) in [6, 6.07) is 4.35. The van der Waals surface area contributed by atoms with Gasteiger partial charge in [0.1, 0.15) is 16.4 Å². The van der Waals surface area contributed by atoms with E-state index in [0.717, 1.165) is 0 Å². The van der Waals surface area contributed by atoms with E-state index in [1.807, 2.05) is 0 Å². The summed E-state index contributed by atoms with van der Waals surface area (Å²) >= 11 is 3.22. The van der Waals surface area contributed by atoms with Crippen molar-refractivity contribution in [3.63, 3.8) is 0 Å². The molecule has 0 aliphatic rings. The van der Waals surface area contributed by atoms with Crippen LogP contribution >= 0.6 is 15.9 Å². The van der Waals surface area contributed by atoms with E-state index < -0.39 is 18.1 Å². The van der Waals surface area contributed by atoms with Crippen LogP contribution in [0.1, 0.15) is 36.9 Å². The van der Waals surface area contributed by atoms with Gasteiger partial charge in [-0.05, 0) is 34.5 Å². The molecule has 106 valence electrons. The minimum Gasteiger partial charge on any atom is -0.480 e. The molecule has 0 fully saturated rings. The van der Waals surface area contributed by atoms with E-state index in [1.54, 1.807) is 25.1 Å². The quantitative estimate of drug-likeness (QED) is 0.801. The molecule has 2 aromatic heterocycles. The van der Waals surface area contributed by atoms with Crippen molar-refractivity contribution in [2.75, 3.05) is 0 Å². The fourth-order valence-electron chi connectivity index (χ4n) is 1.77. The first-order chi connectivity index (χ1) is 9.52. The topological polar surface area (TPSA) is 101 Å². The number of rotatable bonds is 5. The number of aromatic nitrogens is 4. The molecule has 0 aliphatic carbocycles. The van der Waals surface area contributed by atoms with Crippen molar-refractivity contribution in [2.45, 2.75) is 25.5 Å². The number of pyridine rings is 1. The van der Waals surface area contributed by atoms with Gasteiger partial charge in [-0.15, -0.1) is 5.10 Å². The zero-order chi connectivity index (χ0) is 14.7. The summed E-state index contributed by atoms with van der Waals surface area (Å²) in [5.41, 5.74) is 0.671. The minimum atomic E-state index is -1.05. The summed E-state index contributed by atoms with van der Waals surface area (Å²) in [5, 5.41) is 26.8. The van der Waals surface area contributed by atoms with Crippen molar-refractivity contribution < 1.29 is 15.0 Å². The lowest BCUT2D eigenvalue weighted by Crippen LogP contribution is -2.18. The standard InChI is InChI=1S/C12H13BrN4O3/c1-2-9(12(19)20)17-6-8(15-16-17)11(18)7-4-3-5-10(13)14-7/h3-6,9,11,18H,2H2,1H3,(H,19,20). The highest BCUT2D eigenvalue weighted by Crippen LogP contribution is 2.21. The van der Waals surface area contributed by atoms with Crippen molar-refractivity contribution >= 4 is 21.9 Å². The molecule has 2 rings (SSSR count). The molecule has 0 amide bonds. The first-order valence-corrected chi connectivity index (χ1v) is 6.77. The van der Waals surface area contributed by atoms with E-state index in [1.165, 1.54) is 10.9 Å². The number of aliphatic hydroxyl groups excluding tert-OH is 1. The van der Waals surface area contributed by atoms with Gasteiger partial charge in [0.25, 0.3) is 0 Å². The van der Waals surface area contributed by atoms with Crippen molar-refractivity contribution in [2.24, 2.45) is 0 Å². The predicted octanol–water partition coefficient (Wildman–Crippen LogP) is 1.55. The molecule has 2 aromatic rings. The van der Waals surface area contributed by atoms with Gasteiger partial charge in [-0.3, -0.25) is 0 Å². The summed E-state index contributed by atoms with van der Waals surface area (Å²) < 4.78 is 1.83. The number of aliphatic carboxylic acids is 1. The van der Waals surface area contributed by atoms with Crippen LogP contribution in [0.15, 0.2) is 29.0 Å². The van der Waals surface area contributed by atoms with Crippen LogP contribution in [0.5, 0.6) is 0 Å². The molecule has 0 saturated carbocycles. The predicted molar refractivity (Wildman–Crippen MR) is 73.0 cm³/mol. The molecule has 20 heavy (non-hydrogen) atoms. The second-order valence-corrected chi connectivity index (χ2v) is 4.99. The molecule has 0 spiro atoms. The summed E-state index contributed by atoms with van der Waals surface area (Å²) in [4.78, 5) is 15.2. The van der Waals surface area contributed by atoms with Gasteiger partial charge >= 0.3 is 5.97 Å². The normalized spacial score (nSPS) is 13.9. The Balaban J connectivity index is 2.26. The van der Waals surface area contributed by atoms with Crippen molar-refractivity contribution in [1.82, 2.24) is 20.0 Å². The van der Waals surface area contributed by atoms with Crippen LogP contribution < -0.4 is 0 Å². The molecule has 0 bridgehead atoms. The minimum absolute atomic E-state index is 0.260. The Bertz CT molecular complexity index is 616. The van der Waals surface area contributed by atoms with Crippen molar-refractivity contribution in [3.05, 3.63) is 40.4 Å². The van der Waals surface area contributed by atoms with Crippen LogP contribution in [-0.4, -0.2) is 36.2 Å². The van der Waals surface area contributed by atoms with Crippen LogP contribution in [-0.2, 0) is 4.79 Å². The van der Waals surface area contributed by atoms with Gasteiger partial charge in [0.15, 0.2) is 6.04 Å². The van der Waals surface area contributed by atoms with Crippen LogP contribution in [0, 0.1) is 0 Å². The molecule has 8 heteroatoms. The van der Waals surface area contributed by atoms with Crippen LogP contribution in [0.25, 0.3) is 0 Å². The summed E-state index contributed by atoms with van der Waals surface area (Å²) in [6.07, 6.45) is 0.756. The first kappa shape index (κ1) is 14.6. The van der Waals surface area contributed by atoms with Gasteiger partial charge in [0.05, 0.1) is 11.9 Å². The summed E-state index contributed by atoms with van der Waals surface area (Å²) in [5.74, 6) is -0.987. The molecule has 0 saturated heterocycles. The highest BCUT2D eigenvalue weighted by molar-refractivity contribution is 9.10. The highest BCUT2D eigenvalue weighted by Gasteiger charge is 2.22. The largest absolute Gasteiger partial charge is 0.480 e. The Morgan fingerprint density at radius 3 is 2.80 bits per heavy atom. The molecular formula is C12H13BrN4O3. The lowest BCUT2D eigenvalue weighted by molar-refractivity contribution is -0.141. The maximum absolute atomic E-state index is 11.1. The average molecular weight is 341 g/mol. The Morgan fingerprint density at radius 1 is 1.45 bits per heavy atom. The Kier molecular flexibility index (Phi) is 4.46. The average Bonchev–Trinajstić information content (AvgIpc) is 2.87. The van der Waals surface area contributed by atoms with Gasteiger partial charge in [-0.1, -0.05) is 18.2 Å². The van der Waals surface area contributed by atoms with Crippen LogP contribution in [0.2, 0.25) is 0 Å². The van der Waals surface area contributed by atoms with Gasteiger partial charge < -0.3 is 10.2 Å². The third-order valence-corrected chi connectivity index (χ3v) is 3.26. The lowest BCUT2D eigenvalue weighted by atomic mass is 10.2. The second kappa shape index (κ2) is 6.10. The number of carboxylic acid groups (broad SMARTS) is 1. The SMILES string of the molecule is CCC(C(=O)O)n1cc(C(O)c2cccc(Br)n2)nn1. The Morgan fingerprint density at radius 2 is 2.20 bits per heavy atom. The molecule has 2 unspecified atom stereocenters. The molecular weight excluding hydrogens is 328 g/mol. The molecule has 0 aromatic carbocycles. The fourth-order valence-corrected chi connectivity index (χ4v) is 2.13. The molecule has 2 heterocycles. The number of carbonyl (C=O) groups is 1. The van der Waals surface area contributed by atoms with E-state index >= 15 is 0 Å². The van der Waals surface area contributed by atoms with Gasteiger partial charge in [-0.2, -0.15) is 0 Å². The number of aliphatic hydroxyl groups is 1. The maximum Gasteiger partial charge on any atom is 0.328 e. The van der Waals surface area contributed by atoms with E-state index in [2.05, 4.69) is 31.2 Å². The zero-order valence-electron chi connectivity index (χ0n) is 10.6. The molecule has 2 N–H and O–H groups in total. The first-order valence-electron chi connectivity index (χ1n) is 5.98. The summed E-state index contributed by atoms with van der Waals surface area (Å²) in [7, 11) is 0. The monoisotopic (exact) mass is 340 g/mol. The zero-order valence-corrected chi connectivity index (χ0v) is 12.2. The third-order valence-electron chi connectivity index (χ3n) is 2.82. The maximum atomic E-state index is 11.1. The number of hydrogen-bond acceptors (Lipinski definition) is 5. The van der Waals surface area contributed by atoms with E-state index in [9.17, 15) is 9.90 Å². The fraction of sp³-hybridized carbons (Fsp3) is 0.333. The highest BCUT2D eigenvalue weighted by atomic mass is 79.9. The number of halogens is 1. The van der Waals surface area contributed by atoms with E-state index in [4.69, 9.17) is 5.11 Å². The molecule has 7 nitrogen and oxygen atoms in total. The number of nitrogens with zero attached hydrogens (tertiary/aromatic N) is 4. The van der Waals surface area contributed by atoms with Gasteiger partial charge in [0, 0.05) is 0 Å². The van der Waals surface area contributed by atoms with Crippen LogP contribution in [0.3, 0.4) is 0 Å². The molecule has 0 radical (unpaired) electrons. The van der Waals surface area contributed by atoms with Gasteiger partial charge in [-0.25, -0.2) is 14.5 Å². The van der Waals surface area contributed by atoms with Gasteiger partial charge in [0.2, 0.25) is 0 Å². The van der Waals surface area contributed by atoms with E-state index in [0.29, 0.717) is 16.7 Å². The molecule has 2 atom stereocenters. The van der Waals surface area contributed by atoms with Crippen LogP contribution in [0.4, 0.5) is 0 Å². The number of carboxylic acids is 1. The Hall–Kier alpha value is -1.80. The van der Waals surface area contributed by atoms with Crippen molar-refractivity contribution in [1.29, 1.82) is 0 Å². The molecule has 0 aliphatic heterocycles. The Labute approximate surface area is 123 Å². The number of hydrogen-bond donors (Lipinski definition) is 2.